The zero-order valence-electron chi connectivity index (χ0n) is 15.9. The molecule has 1 amide bonds. The van der Waals surface area contributed by atoms with E-state index in [0.29, 0.717) is 17.9 Å². The number of nitrogens with one attached hydrogen (secondary N) is 1. The fourth-order valence-corrected chi connectivity index (χ4v) is 2.59. The highest BCUT2D eigenvalue weighted by Gasteiger charge is 2.31. The predicted molar refractivity (Wildman–Crippen MR) is 99.1 cm³/mol. The van der Waals surface area contributed by atoms with Crippen molar-refractivity contribution in [3.8, 4) is 17.2 Å². The predicted octanol–water partition coefficient (Wildman–Crippen LogP) is 4.69. The van der Waals surface area contributed by atoms with Crippen LogP contribution in [0, 0.1) is 0 Å². The average molecular weight is 397 g/mol. The molecule has 8 heteroatoms. The van der Waals surface area contributed by atoms with Crippen molar-refractivity contribution in [2.45, 2.75) is 25.9 Å². The number of ether oxygens (including phenoxy) is 3. The number of hydrogen-bond donors (Lipinski definition) is 1. The highest BCUT2D eigenvalue weighted by Crippen LogP contribution is 2.35. The van der Waals surface area contributed by atoms with E-state index in [0.717, 1.165) is 17.7 Å². The molecule has 1 N–H and O–H groups in total. The Morgan fingerprint density at radius 2 is 1.68 bits per heavy atom. The molecule has 0 spiro atoms. The van der Waals surface area contributed by atoms with Gasteiger partial charge in [0.25, 0.3) is 0 Å². The van der Waals surface area contributed by atoms with Crippen molar-refractivity contribution in [1.82, 2.24) is 0 Å². The maximum Gasteiger partial charge on any atom is 0.416 e. The Balaban J connectivity index is 2.10. The third-order valence-corrected chi connectivity index (χ3v) is 3.97. The van der Waals surface area contributed by atoms with Crippen molar-refractivity contribution in [2.75, 3.05) is 26.1 Å². The van der Waals surface area contributed by atoms with Crippen LogP contribution in [0.15, 0.2) is 36.4 Å². The summed E-state index contributed by atoms with van der Waals surface area (Å²) in [5.41, 5.74) is -0.0259. The van der Waals surface area contributed by atoms with Gasteiger partial charge < -0.3 is 19.5 Å². The number of carbonyl (C=O) groups excluding carboxylic acids is 1. The molecule has 0 unspecified atom stereocenters. The van der Waals surface area contributed by atoms with Crippen molar-refractivity contribution in [3.05, 3.63) is 47.5 Å². The van der Waals surface area contributed by atoms with Crippen LogP contribution in [0.3, 0.4) is 0 Å². The monoisotopic (exact) mass is 397 g/mol. The molecule has 0 atom stereocenters. The zero-order chi connectivity index (χ0) is 20.7. The van der Waals surface area contributed by atoms with Crippen LogP contribution in [0.1, 0.15) is 24.5 Å². The Kier molecular flexibility index (Phi) is 7.14. The maximum absolute atomic E-state index is 12.9. The first-order valence-corrected chi connectivity index (χ1v) is 8.63. The summed E-state index contributed by atoms with van der Waals surface area (Å²) in [6.45, 7) is 1.97. The van der Waals surface area contributed by atoms with Gasteiger partial charge in [-0.15, -0.1) is 0 Å². The van der Waals surface area contributed by atoms with Gasteiger partial charge in [-0.25, -0.2) is 0 Å². The first kappa shape index (κ1) is 21.4. The molecular formula is C20H22F3NO4. The lowest BCUT2D eigenvalue weighted by atomic mass is 10.1. The number of methoxy groups -OCH3 is 2. The quantitative estimate of drug-likeness (QED) is 0.702. The molecule has 0 aliphatic heterocycles. The second-order valence-corrected chi connectivity index (χ2v) is 5.88. The molecule has 0 heterocycles. The number of amides is 1. The molecule has 2 aromatic carbocycles. The van der Waals surface area contributed by atoms with Gasteiger partial charge in [-0.05, 0) is 49.2 Å². The van der Waals surface area contributed by atoms with E-state index >= 15 is 0 Å². The Hall–Kier alpha value is -2.90. The van der Waals surface area contributed by atoms with Crippen LogP contribution in [0.25, 0.3) is 0 Å². The minimum atomic E-state index is -4.51. The van der Waals surface area contributed by atoms with E-state index in [1.54, 1.807) is 25.1 Å². The van der Waals surface area contributed by atoms with Gasteiger partial charge in [0.05, 0.1) is 32.1 Å². The smallest absolute Gasteiger partial charge is 0.416 e. The Morgan fingerprint density at radius 3 is 2.29 bits per heavy atom. The van der Waals surface area contributed by atoms with Gasteiger partial charge in [-0.1, -0.05) is 6.07 Å². The van der Waals surface area contributed by atoms with Crippen molar-refractivity contribution < 1.29 is 32.2 Å². The van der Waals surface area contributed by atoms with E-state index in [4.69, 9.17) is 14.2 Å². The second-order valence-electron chi connectivity index (χ2n) is 5.88. The Labute approximate surface area is 161 Å². The summed E-state index contributed by atoms with van der Waals surface area (Å²) in [6, 6.07) is 8.28. The molecule has 0 aliphatic rings. The van der Waals surface area contributed by atoms with Crippen molar-refractivity contribution in [2.24, 2.45) is 0 Å². The molecule has 0 aromatic heterocycles. The van der Waals surface area contributed by atoms with Gasteiger partial charge >= 0.3 is 6.18 Å². The summed E-state index contributed by atoms with van der Waals surface area (Å²) >= 11 is 0. The number of anilines is 1. The molecule has 28 heavy (non-hydrogen) atoms. The maximum atomic E-state index is 12.9. The number of halogens is 3. The molecular weight excluding hydrogens is 375 g/mol. The topological polar surface area (TPSA) is 56.8 Å². The van der Waals surface area contributed by atoms with Crippen LogP contribution in [0.5, 0.6) is 17.2 Å². The average Bonchev–Trinajstić information content (AvgIpc) is 2.66. The summed E-state index contributed by atoms with van der Waals surface area (Å²) < 4.78 is 54.5. The van der Waals surface area contributed by atoms with Gasteiger partial charge in [0.1, 0.15) is 5.75 Å². The van der Waals surface area contributed by atoms with Gasteiger partial charge in [-0.2, -0.15) is 13.2 Å². The highest BCUT2D eigenvalue weighted by atomic mass is 19.4. The van der Waals surface area contributed by atoms with Gasteiger partial charge in [0.15, 0.2) is 11.5 Å². The fourth-order valence-electron chi connectivity index (χ4n) is 2.59. The lowest BCUT2D eigenvalue weighted by Crippen LogP contribution is -2.15. The van der Waals surface area contributed by atoms with E-state index in [9.17, 15) is 18.0 Å². The molecule has 0 aliphatic carbocycles. The summed E-state index contributed by atoms with van der Waals surface area (Å²) in [7, 11) is 3.03. The van der Waals surface area contributed by atoms with Crippen molar-refractivity contribution >= 4 is 11.6 Å². The number of carbonyl (C=O) groups is 1. The van der Waals surface area contributed by atoms with E-state index < -0.39 is 17.6 Å². The van der Waals surface area contributed by atoms with E-state index in [1.165, 1.54) is 20.3 Å². The summed E-state index contributed by atoms with van der Waals surface area (Å²) in [4.78, 5) is 12.3. The van der Waals surface area contributed by atoms with Crippen LogP contribution < -0.4 is 19.5 Å². The summed E-state index contributed by atoms with van der Waals surface area (Å²) in [5, 5.41) is 2.51. The molecule has 0 saturated heterocycles. The van der Waals surface area contributed by atoms with E-state index in [-0.39, 0.29) is 24.5 Å². The number of alkyl halides is 3. The first-order valence-electron chi connectivity index (χ1n) is 8.63. The number of rotatable bonds is 8. The lowest BCUT2D eigenvalue weighted by molar-refractivity contribution is -0.137. The van der Waals surface area contributed by atoms with Gasteiger partial charge in [0.2, 0.25) is 5.91 Å². The van der Waals surface area contributed by atoms with Gasteiger partial charge in [0, 0.05) is 6.42 Å². The van der Waals surface area contributed by atoms with Crippen molar-refractivity contribution in [3.63, 3.8) is 0 Å². The minimum Gasteiger partial charge on any atom is -0.493 e. The molecule has 0 bridgehead atoms. The normalized spacial score (nSPS) is 11.1. The molecule has 0 fully saturated rings. The summed E-state index contributed by atoms with van der Waals surface area (Å²) in [6.07, 6.45) is -4.05. The number of aryl methyl sites for hydroxylation is 1. The Morgan fingerprint density at radius 1 is 1.00 bits per heavy atom. The standard InChI is InChI=1S/C20H22F3NO4/c1-4-28-16-9-7-14(20(21,22)23)12-15(16)24-19(25)10-6-13-5-8-17(26-2)18(11-13)27-3/h5,7-9,11-12H,4,6,10H2,1-3H3,(H,24,25). The molecule has 0 saturated carbocycles. The fraction of sp³-hybridized carbons (Fsp3) is 0.350. The first-order chi connectivity index (χ1) is 13.3. The van der Waals surface area contributed by atoms with Crippen LogP contribution in [0.4, 0.5) is 18.9 Å². The molecule has 152 valence electrons. The minimum absolute atomic E-state index is 0.00557. The van der Waals surface area contributed by atoms with Crippen LogP contribution in [-0.2, 0) is 17.4 Å². The molecule has 2 rings (SSSR count). The number of hydrogen-bond acceptors (Lipinski definition) is 4. The largest absolute Gasteiger partial charge is 0.493 e. The second kappa shape index (κ2) is 9.34. The molecule has 5 nitrogen and oxygen atoms in total. The number of benzene rings is 2. The SMILES string of the molecule is CCOc1ccc(C(F)(F)F)cc1NC(=O)CCc1ccc(OC)c(OC)c1. The Bertz CT molecular complexity index is 822. The van der Waals surface area contributed by atoms with Crippen molar-refractivity contribution in [1.29, 1.82) is 0 Å². The van der Waals surface area contributed by atoms with Crippen LogP contribution in [0.2, 0.25) is 0 Å². The highest BCUT2D eigenvalue weighted by molar-refractivity contribution is 5.92. The molecule has 0 radical (unpaired) electrons. The van der Waals surface area contributed by atoms with Crippen LogP contribution in [-0.4, -0.2) is 26.7 Å². The lowest BCUT2D eigenvalue weighted by Gasteiger charge is -2.15. The molecule has 2 aromatic rings. The zero-order valence-corrected chi connectivity index (χ0v) is 15.9. The summed E-state index contributed by atoms with van der Waals surface area (Å²) in [5.74, 6) is 0.878. The van der Waals surface area contributed by atoms with Crippen LogP contribution >= 0.6 is 0 Å². The van der Waals surface area contributed by atoms with E-state index in [2.05, 4.69) is 5.32 Å². The van der Waals surface area contributed by atoms with Gasteiger partial charge in [-0.3, -0.25) is 4.79 Å². The third kappa shape index (κ3) is 5.55. The van der Waals surface area contributed by atoms with E-state index in [1.807, 2.05) is 0 Å². The third-order valence-electron chi connectivity index (χ3n) is 3.97.